The molecule has 1 aliphatic heterocycles. The van der Waals surface area contributed by atoms with Crippen molar-refractivity contribution in [2.45, 2.75) is 13.3 Å². The van der Waals surface area contributed by atoms with Crippen LogP contribution < -0.4 is 20.3 Å². The number of nitrogens with zero attached hydrogens (tertiary/aromatic N) is 1. The molecule has 2 N–H and O–H groups in total. The van der Waals surface area contributed by atoms with Crippen molar-refractivity contribution in [2.75, 3.05) is 29.9 Å². The molecule has 0 saturated carbocycles. The van der Waals surface area contributed by atoms with Crippen molar-refractivity contribution >= 4 is 52.0 Å². The Labute approximate surface area is 165 Å². The number of rotatable bonds is 6. The lowest BCUT2D eigenvalue weighted by atomic mass is 10.2. The summed E-state index contributed by atoms with van der Waals surface area (Å²) in [6.07, 6.45) is 0.808. The first-order valence-electron chi connectivity index (χ1n) is 8.38. The molecule has 7 nitrogen and oxygen atoms in total. The minimum absolute atomic E-state index is 0.104. The van der Waals surface area contributed by atoms with Crippen molar-refractivity contribution in [3.8, 4) is 5.75 Å². The zero-order chi connectivity index (χ0) is 19.4. The van der Waals surface area contributed by atoms with Gasteiger partial charge in [0, 0.05) is 12.2 Å². The Hall–Kier alpha value is -2.58. The van der Waals surface area contributed by atoms with Crippen molar-refractivity contribution in [3.63, 3.8) is 0 Å². The van der Waals surface area contributed by atoms with Gasteiger partial charge >= 0.3 is 0 Å². The van der Waals surface area contributed by atoms with E-state index in [1.54, 1.807) is 30.3 Å². The van der Waals surface area contributed by atoms with Crippen LogP contribution in [-0.2, 0) is 9.59 Å². The summed E-state index contributed by atoms with van der Waals surface area (Å²) in [5, 5.41) is 5.51. The highest BCUT2D eigenvalue weighted by Gasteiger charge is 2.27. The summed E-state index contributed by atoms with van der Waals surface area (Å²) in [6.45, 7) is 2.26. The van der Waals surface area contributed by atoms with Crippen LogP contribution in [0.25, 0.3) is 0 Å². The molecule has 0 radical (unpaired) electrons. The van der Waals surface area contributed by atoms with Crippen LogP contribution in [0.4, 0.5) is 11.4 Å². The van der Waals surface area contributed by atoms with Gasteiger partial charge in [0.05, 0.1) is 14.9 Å². The molecule has 0 fully saturated rings. The van der Waals surface area contributed by atoms with E-state index in [1.165, 1.54) is 16.2 Å². The topological polar surface area (TPSA) is 87.7 Å². The molecule has 0 spiro atoms. The fraction of sp³-hybridized carbons (Fsp3) is 0.278. The fourth-order valence-electron chi connectivity index (χ4n) is 2.55. The third-order valence-electron chi connectivity index (χ3n) is 3.83. The number of thiophene rings is 1. The van der Waals surface area contributed by atoms with Gasteiger partial charge in [-0.25, -0.2) is 0 Å². The first-order valence-corrected chi connectivity index (χ1v) is 9.58. The van der Waals surface area contributed by atoms with E-state index < -0.39 is 0 Å². The lowest BCUT2D eigenvalue weighted by Crippen LogP contribution is -2.45. The van der Waals surface area contributed by atoms with Crippen LogP contribution >= 0.6 is 22.9 Å². The maximum atomic E-state index is 12.3. The van der Waals surface area contributed by atoms with E-state index in [4.69, 9.17) is 16.3 Å². The third kappa shape index (κ3) is 4.58. The second kappa shape index (κ2) is 8.41. The Morgan fingerprint density at radius 2 is 2.11 bits per heavy atom. The standard InChI is InChI=1S/C18H18ClN3O4S/c1-2-7-20-16(23)9-22-12-8-11(3-4-13(12)26-10-17(22)24)21-18(25)14-5-6-15(19)27-14/h3-6,8H,2,7,9-10H2,1H3,(H,20,23)(H,21,25). The van der Waals surface area contributed by atoms with E-state index in [-0.39, 0.29) is 30.9 Å². The highest BCUT2D eigenvalue weighted by molar-refractivity contribution is 7.18. The zero-order valence-electron chi connectivity index (χ0n) is 14.6. The first-order chi connectivity index (χ1) is 13.0. The number of hydrogen-bond donors (Lipinski definition) is 2. The van der Waals surface area contributed by atoms with Crippen molar-refractivity contribution in [1.29, 1.82) is 0 Å². The number of fused-ring (bicyclic) bond motifs is 1. The van der Waals surface area contributed by atoms with Crippen LogP contribution in [0.15, 0.2) is 30.3 Å². The third-order valence-corrected chi connectivity index (χ3v) is 5.06. The monoisotopic (exact) mass is 407 g/mol. The SMILES string of the molecule is CCCNC(=O)CN1C(=O)COc2ccc(NC(=O)c3ccc(Cl)s3)cc21. The van der Waals surface area contributed by atoms with E-state index >= 15 is 0 Å². The fourth-order valence-corrected chi connectivity index (χ4v) is 3.48. The second-order valence-corrected chi connectivity index (χ2v) is 7.57. The van der Waals surface area contributed by atoms with Gasteiger partial charge in [-0.1, -0.05) is 18.5 Å². The van der Waals surface area contributed by atoms with Gasteiger partial charge in [0.2, 0.25) is 5.91 Å². The second-order valence-electron chi connectivity index (χ2n) is 5.86. The van der Waals surface area contributed by atoms with Crippen LogP contribution in [0.3, 0.4) is 0 Å². The smallest absolute Gasteiger partial charge is 0.265 e. The van der Waals surface area contributed by atoms with Gasteiger partial charge < -0.3 is 15.4 Å². The maximum Gasteiger partial charge on any atom is 0.265 e. The van der Waals surface area contributed by atoms with Gasteiger partial charge in [-0.2, -0.15) is 0 Å². The summed E-state index contributed by atoms with van der Waals surface area (Å²) in [6, 6.07) is 8.24. The number of amides is 3. The van der Waals surface area contributed by atoms with E-state index in [2.05, 4.69) is 10.6 Å². The normalized spacial score (nSPS) is 13.0. The van der Waals surface area contributed by atoms with Crippen LogP contribution in [0, 0.1) is 0 Å². The summed E-state index contributed by atoms with van der Waals surface area (Å²) in [5.41, 5.74) is 0.931. The predicted octanol–water partition coefficient (Wildman–Crippen LogP) is 2.91. The molecule has 0 aliphatic carbocycles. The average molecular weight is 408 g/mol. The number of ether oxygens (including phenoxy) is 1. The maximum absolute atomic E-state index is 12.3. The molecule has 27 heavy (non-hydrogen) atoms. The summed E-state index contributed by atoms with van der Waals surface area (Å²) in [4.78, 5) is 38.4. The minimum atomic E-state index is -0.317. The Morgan fingerprint density at radius 1 is 1.30 bits per heavy atom. The lowest BCUT2D eigenvalue weighted by molar-refractivity contribution is -0.125. The number of carbonyl (C=O) groups is 3. The molecule has 0 saturated heterocycles. The summed E-state index contributed by atoms with van der Waals surface area (Å²) >= 11 is 7.03. The first kappa shape index (κ1) is 19.2. The minimum Gasteiger partial charge on any atom is -0.482 e. The van der Waals surface area contributed by atoms with Crippen molar-refractivity contribution in [2.24, 2.45) is 0 Å². The molecule has 0 unspecified atom stereocenters. The quantitative estimate of drug-likeness (QED) is 0.770. The van der Waals surface area contributed by atoms with E-state index in [1.807, 2.05) is 6.92 Å². The summed E-state index contributed by atoms with van der Waals surface area (Å²) in [5.74, 6) is -0.388. The van der Waals surface area contributed by atoms with Gasteiger partial charge in [0.1, 0.15) is 12.3 Å². The number of nitrogens with one attached hydrogen (secondary N) is 2. The Morgan fingerprint density at radius 3 is 2.81 bits per heavy atom. The van der Waals surface area contributed by atoms with Gasteiger partial charge in [-0.3, -0.25) is 19.3 Å². The van der Waals surface area contributed by atoms with Gasteiger partial charge in [0.15, 0.2) is 6.61 Å². The van der Waals surface area contributed by atoms with Gasteiger partial charge in [-0.05, 0) is 36.8 Å². The molecule has 2 aromatic rings. The van der Waals surface area contributed by atoms with Crippen molar-refractivity contribution in [1.82, 2.24) is 5.32 Å². The molecule has 142 valence electrons. The van der Waals surface area contributed by atoms with Crippen molar-refractivity contribution < 1.29 is 19.1 Å². The molecule has 3 rings (SSSR count). The summed E-state index contributed by atoms with van der Waals surface area (Å²) < 4.78 is 5.95. The van der Waals surface area contributed by atoms with Crippen LogP contribution in [0.1, 0.15) is 23.0 Å². The number of benzene rings is 1. The molecule has 0 bridgehead atoms. The average Bonchev–Trinajstić information content (AvgIpc) is 3.09. The molecular formula is C18H18ClN3O4S. The van der Waals surface area contributed by atoms with Crippen molar-refractivity contribution in [3.05, 3.63) is 39.5 Å². The number of hydrogen-bond acceptors (Lipinski definition) is 5. The number of anilines is 2. The van der Waals surface area contributed by atoms with Gasteiger partial charge in [0.25, 0.3) is 11.8 Å². The van der Waals surface area contributed by atoms with E-state index in [0.717, 1.165) is 6.42 Å². The summed E-state index contributed by atoms with van der Waals surface area (Å²) in [7, 11) is 0. The lowest BCUT2D eigenvalue weighted by Gasteiger charge is -2.29. The molecule has 1 aliphatic rings. The molecule has 1 aromatic heterocycles. The number of halogens is 1. The molecule has 3 amide bonds. The van der Waals surface area contributed by atoms with E-state index in [0.29, 0.717) is 32.9 Å². The highest BCUT2D eigenvalue weighted by Crippen LogP contribution is 2.34. The Balaban J connectivity index is 1.79. The largest absolute Gasteiger partial charge is 0.482 e. The highest BCUT2D eigenvalue weighted by atomic mass is 35.5. The molecular weight excluding hydrogens is 390 g/mol. The van der Waals surface area contributed by atoms with Gasteiger partial charge in [-0.15, -0.1) is 11.3 Å². The van der Waals surface area contributed by atoms with Crippen LogP contribution in [0.2, 0.25) is 4.34 Å². The zero-order valence-corrected chi connectivity index (χ0v) is 16.2. The van der Waals surface area contributed by atoms with Crippen LogP contribution in [-0.4, -0.2) is 37.4 Å². The Kier molecular flexibility index (Phi) is 5.98. The van der Waals surface area contributed by atoms with Crippen LogP contribution in [0.5, 0.6) is 5.75 Å². The molecule has 2 heterocycles. The molecule has 0 atom stereocenters. The predicted molar refractivity (Wildman–Crippen MR) is 105 cm³/mol. The molecule has 1 aromatic carbocycles. The molecule has 9 heteroatoms. The Bertz CT molecular complexity index is 883. The number of carbonyl (C=O) groups excluding carboxylic acids is 3. The van der Waals surface area contributed by atoms with E-state index in [9.17, 15) is 14.4 Å².